The third kappa shape index (κ3) is 5.53. The molecule has 2 atom stereocenters. The lowest BCUT2D eigenvalue weighted by molar-refractivity contribution is 0.0602. The Morgan fingerprint density at radius 1 is 1.19 bits per heavy atom. The van der Waals surface area contributed by atoms with Crippen molar-refractivity contribution < 1.29 is 9.53 Å². The number of carbonyl (C=O) groups is 1. The topological polar surface area (TPSA) is 50.4 Å². The third-order valence-corrected chi connectivity index (χ3v) is 5.91. The molecule has 1 aromatic carbocycles. The smallest absolute Gasteiger partial charge is 0.340 e. The van der Waals surface area contributed by atoms with Gasteiger partial charge in [-0.15, -0.1) is 11.3 Å². The fraction of sp³-hybridized carbons (Fsp3) is 0.429. The lowest BCUT2D eigenvalue weighted by atomic mass is 9.95. The lowest BCUT2D eigenvalue weighted by Gasteiger charge is -2.21. The number of nitrogens with one attached hydrogen (secondary N) is 2. The van der Waals surface area contributed by atoms with Crippen LogP contribution in [0.25, 0.3) is 0 Å². The molecule has 2 N–H and O–H groups in total. The van der Waals surface area contributed by atoms with Gasteiger partial charge in [-0.2, -0.15) is 0 Å². The molecule has 27 heavy (non-hydrogen) atoms. The lowest BCUT2D eigenvalue weighted by Crippen LogP contribution is -2.32. The molecule has 2 rings (SSSR count). The summed E-state index contributed by atoms with van der Waals surface area (Å²) >= 11 is 6.97. The fourth-order valence-corrected chi connectivity index (χ4v) is 4.09. The van der Waals surface area contributed by atoms with Crippen LogP contribution in [-0.2, 0) is 4.74 Å². The maximum absolute atomic E-state index is 11.9. The minimum absolute atomic E-state index is 0.110. The van der Waals surface area contributed by atoms with E-state index in [1.165, 1.54) is 29.6 Å². The molecule has 0 aliphatic rings. The number of thiocarbonyl (C=S) groups is 1. The summed E-state index contributed by atoms with van der Waals surface area (Å²) in [5.74, 6) is 0.200. The van der Waals surface area contributed by atoms with Crippen molar-refractivity contribution in [2.24, 2.45) is 0 Å². The first-order valence-electron chi connectivity index (χ1n) is 9.25. The number of esters is 1. The van der Waals surface area contributed by atoms with E-state index in [0.29, 0.717) is 21.6 Å². The summed E-state index contributed by atoms with van der Waals surface area (Å²) in [4.78, 5) is 12.9. The Labute approximate surface area is 171 Å². The van der Waals surface area contributed by atoms with Crippen LogP contribution in [0.15, 0.2) is 30.3 Å². The molecule has 1 aromatic heterocycles. The number of hydrogen-bond donors (Lipinski definition) is 2. The summed E-state index contributed by atoms with van der Waals surface area (Å²) in [6.45, 7) is 8.52. The van der Waals surface area contributed by atoms with Crippen LogP contribution >= 0.6 is 23.6 Å². The molecule has 0 saturated carbocycles. The standard InChI is InChI=1S/C21H28N2O2S2/c1-6-13(3)15-8-10-16(11-9-15)18(7-2)22-21(26)23-19-17(20(24)25-5)12-14(4)27-19/h8-13,18H,6-7H2,1-5H3,(H2,22,23,26). The molecule has 2 unspecified atom stereocenters. The molecule has 0 bridgehead atoms. The first-order valence-corrected chi connectivity index (χ1v) is 10.5. The van der Waals surface area contributed by atoms with Gasteiger partial charge in [0.25, 0.3) is 0 Å². The predicted molar refractivity (Wildman–Crippen MR) is 118 cm³/mol. The van der Waals surface area contributed by atoms with Crippen molar-refractivity contribution in [3.63, 3.8) is 0 Å². The van der Waals surface area contributed by atoms with E-state index in [1.54, 1.807) is 0 Å². The number of aryl methyl sites for hydroxylation is 1. The quantitative estimate of drug-likeness (QED) is 0.451. The number of benzene rings is 1. The van der Waals surface area contributed by atoms with Crippen molar-refractivity contribution in [2.45, 2.75) is 52.5 Å². The number of methoxy groups -OCH3 is 1. The van der Waals surface area contributed by atoms with Crippen LogP contribution in [0, 0.1) is 6.92 Å². The SMILES string of the molecule is CCC(C)c1ccc(C(CC)NC(=S)Nc2sc(C)cc2C(=O)OC)cc1. The largest absolute Gasteiger partial charge is 0.465 e. The van der Waals surface area contributed by atoms with Crippen LogP contribution in [0.5, 0.6) is 0 Å². The van der Waals surface area contributed by atoms with Crippen molar-refractivity contribution >= 4 is 39.6 Å². The average Bonchev–Trinajstić information content (AvgIpc) is 3.04. The third-order valence-electron chi connectivity index (χ3n) is 4.72. The van der Waals surface area contributed by atoms with Gasteiger partial charge in [0.15, 0.2) is 5.11 Å². The van der Waals surface area contributed by atoms with Crippen molar-refractivity contribution in [3.8, 4) is 0 Å². The van der Waals surface area contributed by atoms with E-state index in [1.807, 2.05) is 13.0 Å². The van der Waals surface area contributed by atoms with Crippen molar-refractivity contribution in [3.05, 3.63) is 51.9 Å². The van der Waals surface area contributed by atoms with Gasteiger partial charge in [-0.05, 0) is 55.1 Å². The number of carbonyl (C=O) groups excluding carboxylic acids is 1. The Balaban J connectivity index is 2.08. The average molecular weight is 405 g/mol. The van der Waals surface area contributed by atoms with Gasteiger partial charge in [-0.3, -0.25) is 0 Å². The Bertz CT molecular complexity index is 784. The van der Waals surface area contributed by atoms with E-state index in [2.05, 4.69) is 55.7 Å². The molecule has 2 aromatic rings. The van der Waals surface area contributed by atoms with Gasteiger partial charge in [0.1, 0.15) is 5.00 Å². The Kier molecular flexibility index (Phi) is 7.80. The van der Waals surface area contributed by atoms with Gasteiger partial charge < -0.3 is 15.4 Å². The van der Waals surface area contributed by atoms with Gasteiger partial charge in [0.05, 0.1) is 18.7 Å². The van der Waals surface area contributed by atoms with E-state index in [-0.39, 0.29) is 12.0 Å². The van der Waals surface area contributed by atoms with E-state index in [9.17, 15) is 4.79 Å². The zero-order valence-electron chi connectivity index (χ0n) is 16.6. The van der Waals surface area contributed by atoms with Crippen LogP contribution in [-0.4, -0.2) is 18.2 Å². The number of anilines is 1. The zero-order chi connectivity index (χ0) is 20.0. The van der Waals surface area contributed by atoms with Crippen molar-refractivity contribution in [2.75, 3.05) is 12.4 Å². The summed E-state index contributed by atoms with van der Waals surface area (Å²) in [7, 11) is 1.38. The minimum atomic E-state index is -0.364. The molecule has 0 radical (unpaired) electrons. The van der Waals surface area contributed by atoms with E-state index >= 15 is 0 Å². The van der Waals surface area contributed by atoms with E-state index in [0.717, 1.165) is 17.7 Å². The monoisotopic (exact) mass is 404 g/mol. The highest BCUT2D eigenvalue weighted by molar-refractivity contribution is 7.80. The van der Waals surface area contributed by atoms with Crippen LogP contribution in [0.1, 0.15) is 71.9 Å². The highest BCUT2D eigenvalue weighted by Crippen LogP contribution is 2.28. The molecule has 0 saturated heterocycles. The summed E-state index contributed by atoms with van der Waals surface area (Å²) in [5.41, 5.74) is 3.06. The molecular weight excluding hydrogens is 376 g/mol. The van der Waals surface area contributed by atoms with Crippen molar-refractivity contribution in [1.29, 1.82) is 0 Å². The number of rotatable bonds is 7. The fourth-order valence-electron chi connectivity index (χ4n) is 2.88. The number of hydrogen-bond acceptors (Lipinski definition) is 4. The molecule has 0 amide bonds. The van der Waals surface area contributed by atoms with Crippen molar-refractivity contribution in [1.82, 2.24) is 5.32 Å². The van der Waals surface area contributed by atoms with Crippen LogP contribution in [0.3, 0.4) is 0 Å². The highest BCUT2D eigenvalue weighted by atomic mass is 32.1. The van der Waals surface area contributed by atoms with Gasteiger partial charge in [-0.25, -0.2) is 4.79 Å². The van der Waals surface area contributed by atoms with E-state index in [4.69, 9.17) is 17.0 Å². The predicted octanol–water partition coefficient (Wildman–Crippen LogP) is 5.79. The summed E-state index contributed by atoms with van der Waals surface area (Å²) in [6.07, 6.45) is 2.03. The van der Waals surface area contributed by atoms with Gasteiger partial charge in [0, 0.05) is 4.88 Å². The molecule has 0 aliphatic carbocycles. The highest BCUT2D eigenvalue weighted by Gasteiger charge is 2.18. The molecular formula is C21H28N2O2S2. The summed E-state index contributed by atoms with van der Waals surface area (Å²) in [6, 6.07) is 10.6. The molecule has 6 heteroatoms. The first kappa shape index (κ1) is 21.4. The molecule has 0 spiro atoms. The molecule has 4 nitrogen and oxygen atoms in total. The Morgan fingerprint density at radius 3 is 2.37 bits per heavy atom. The minimum Gasteiger partial charge on any atom is -0.465 e. The second kappa shape index (κ2) is 9.85. The Hall–Kier alpha value is -1.92. The zero-order valence-corrected chi connectivity index (χ0v) is 18.2. The summed E-state index contributed by atoms with van der Waals surface area (Å²) < 4.78 is 4.85. The van der Waals surface area contributed by atoms with Crippen LogP contribution < -0.4 is 10.6 Å². The molecule has 1 heterocycles. The van der Waals surface area contributed by atoms with Gasteiger partial charge in [0.2, 0.25) is 0 Å². The molecule has 146 valence electrons. The number of thiophene rings is 1. The second-order valence-corrected chi connectivity index (χ2v) is 8.29. The second-order valence-electron chi connectivity index (χ2n) is 6.63. The molecule has 0 fully saturated rings. The first-order chi connectivity index (χ1) is 12.9. The van der Waals surface area contributed by atoms with Gasteiger partial charge >= 0.3 is 5.97 Å². The summed E-state index contributed by atoms with van der Waals surface area (Å²) in [5, 5.41) is 7.73. The maximum Gasteiger partial charge on any atom is 0.340 e. The van der Waals surface area contributed by atoms with Crippen LogP contribution in [0.2, 0.25) is 0 Å². The number of ether oxygens (including phenoxy) is 1. The van der Waals surface area contributed by atoms with E-state index < -0.39 is 0 Å². The Morgan fingerprint density at radius 2 is 1.81 bits per heavy atom. The molecule has 0 aliphatic heterocycles. The van der Waals surface area contributed by atoms with Gasteiger partial charge in [-0.1, -0.05) is 45.0 Å². The van der Waals surface area contributed by atoms with Crippen LogP contribution in [0.4, 0.5) is 5.00 Å². The normalized spacial score (nSPS) is 12.9. The maximum atomic E-state index is 11.9.